The predicted molar refractivity (Wildman–Crippen MR) is 126 cm³/mol. The highest BCUT2D eigenvalue weighted by Crippen LogP contribution is 2.38. The van der Waals surface area contributed by atoms with Crippen molar-refractivity contribution in [2.24, 2.45) is 0 Å². The van der Waals surface area contributed by atoms with Crippen molar-refractivity contribution < 1.29 is 22.7 Å². The fourth-order valence-electron chi connectivity index (χ4n) is 4.51. The number of hydrogen-bond donors (Lipinski definition) is 1. The summed E-state index contributed by atoms with van der Waals surface area (Å²) in [6, 6.07) is 12.9. The lowest BCUT2D eigenvalue weighted by Crippen LogP contribution is -2.47. The van der Waals surface area contributed by atoms with E-state index in [0.717, 1.165) is 29.2 Å². The van der Waals surface area contributed by atoms with Crippen molar-refractivity contribution in [2.75, 3.05) is 20.2 Å². The third-order valence-corrected chi connectivity index (χ3v) is 6.46. The summed E-state index contributed by atoms with van der Waals surface area (Å²) in [5, 5.41) is 3.08. The fourth-order valence-corrected chi connectivity index (χ4v) is 4.84. The van der Waals surface area contributed by atoms with E-state index in [0.29, 0.717) is 24.7 Å². The monoisotopic (exact) mass is 506 g/mol. The Kier molecular flexibility index (Phi) is 7.37. The summed E-state index contributed by atoms with van der Waals surface area (Å²) in [7, 11) is 1.59. The Hall–Kier alpha value is -3.04. The molecule has 2 heterocycles. The van der Waals surface area contributed by atoms with E-state index in [1.165, 1.54) is 12.1 Å². The largest absolute Gasteiger partial charge is 0.492 e. The van der Waals surface area contributed by atoms with Crippen molar-refractivity contribution in [1.82, 2.24) is 19.8 Å². The molecule has 0 spiro atoms. The van der Waals surface area contributed by atoms with Gasteiger partial charge in [-0.05, 0) is 29.8 Å². The van der Waals surface area contributed by atoms with Gasteiger partial charge in [-0.25, -0.2) is 4.98 Å². The summed E-state index contributed by atoms with van der Waals surface area (Å²) in [6.07, 6.45) is -3.74. The molecule has 0 unspecified atom stereocenters. The third-order valence-electron chi connectivity index (χ3n) is 6.19. The van der Waals surface area contributed by atoms with Crippen LogP contribution >= 0.6 is 11.6 Å². The summed E-state index contributed by atoms with van der Waals surface area (Å²) >= 11 is 6.58. The molecule has 1 aromatic heterocycles. The average Bonchev–Trinajstić information content (AvgIpc) is 3.19. The van der Waals surface area contributed by atoms with E-state index in [-0.39, 0.29) is 18.3 Å². The maximum absolute atomic E-state index is 13.1. The van der Waals surface area contributed by atoms with Gasteiger partial charge in [0.2, 0.25) is 5.91 Å². The molecule has 35 heavy (non-hydrogen) atoms. The van der Waals surface area contributed by atoms with Gasteiger partial charge in [0.05, 0.1) is 17.3 Å². The second-order valence-electron chi connectivity index (χ2n) is 8.22. The first-order chi connectivity index (χ1) is 16.7. The van der Waals surface area contributed by atoms with Crippen LogP contribution in [-0.4, -0.2) is 40.6 Å². The molecule has 1 N–H and O–H groups in total. The number of imidazole rings is 1. The number of amides is 1. The Morgan fingerprint density at radius 3 is 2.46 bits per heavy atom. The third kappa shape index (κ3) is 5.16. The van der Waals surface area contributed by atoms with Gasteiger partial charge in [-0.3, -0.25) is 9.69 Å². The zero-order valence-corrected chi connectivity index (χ0v) is 20.1. The van der Waals surface area contributed by atoms with E-state index in [4.69, 9.17) is 16.3 Å². The lowest BCUT2D eigenvalue weighted by Gasteiger charge is -2.41. The number of carbonyl (C=O) groups excluding carboxylic acids is 1. The van der Waals surface area contributed by atoms with Crippen LogP contribution < -0.4 is 10.1 Å². The smallest absolute Gasteiger partial charge is 0.416 e. The Morgan fingerprint density at radius 1 is 1.17 bits per heavy atom. The van der Waals surface area contributed by atoms with Gasteiger partial charge < -0.3 is 14.6 Å². The Bertz CT molecular complexity index is 1170. The summed E-state index contributed by atoms with van der Waals surface area (Å²) in [5.41, 5.74) is 0.791. The topological polar surface area (TPSA) is 59.4 Å². The molecule has 4 rings (SSSR count). The lowest BCUT2D eigenvalue weighted by atomic mass is 9.99. The molecule has 0 aliphatic carbocycles. The molecule has 3 aromatic rings. The molecule has 0 saturated heterocycles. The molecule has 1 amide bonds. The minimum Gasteiger partial charge on any atom is -0.492 e. The molecule has 2 aromatic carbocycles. The highest BCUT2D eigenvalue weighted by molar-refractivity contribution is 6.30. The Morgan fingerprint density at radius 2 is 1.86 bits per heavy atom. The number of rotatable bonds is 7. The molecule has 186 valence electrons. The molecular formula is C25H26ClF3N4O2. The maximum atomic E-state index is 13.1. The molecule has 6 nitrogen and oxygen atoms in total. The Balaban J connectivity index is 1.70. The number of aryl methyl sites for hydroxylation is 1. The summed E-state index contributed by atoms with van der Waals surface area (Å²) in [5.74, 6) is 0.938. The molecule has 0 saturated carbocycles. The molecular weight excluding hydrogens is 481 g/mol. The van der Waals surface area contributed by atoms with Gasteiger partial charge in [0.25, 0.3) is 0 Å². The summed E-state index contributed by atoms with van der Waals surface area (Å²) < 4.78 is 46.8. The first-order valence-electron chi connectivity index (χ1n) is 11.3. The first-order valence-corrected chi connectivity index (χ1v) is 11.7. The first kappa shape index (κ1) is 25.1. The number of benzene rings is 2. The van der Waals surface area contributed by atoms with Crippen LogP contribution in [0.4, 0.5) is 13.2 Å². The van der Waals surface area contributed by atoms with Crippen LogP contribution in [0.1, 0.15) is 41.7 Å². The minimum atomic E-state index is -4.42. The van der Waals surface area contributed by atoms with Crippen molar-refractivity contribution in [3.05, 3.63) is 82.4 Å². The van der Waals surface area contributed by atoms with Crippen LogP contribution in [-0.2, 0) is 23.9 Å². The van der Waals surface area contributed by atoms with Gasteiger partial charge in [-0.15, -0.1) is 0 Å². The SMILES string of the molecule is CCc1nc(Cl)c2n1CCN([C@@H](C(=O)NC)c1ccccc1)[C@H]2COc1ccc(C(F)(F)F)cc1. The van der Waals surface area contributed by atoms with Gasteiger partial charge in [0.15, 0.2) is 5.15 Å². The number of nitrogens with zero attached hydrogens (tertiary/aromatic N) is 3. The number of fused-ring (bicyclic) bond motifs is 1. The number of hydrogen-bond acceptors (Lipinski definition) is 4. The summed E-state index contributed by atoms with van der Waals surface area (Å²) in [6.45, 7) is 3.18. The lowest BCUT2D eigenvalue weighted by molar-refractivity contribution is -0.137. The van der Waals surface area contributed by atoms with Crippen molar-refractivity contribution >= 4 is 17.5 Å². The number of ether oxygens (including phenoxy) is 1. The molecule has 1 aliphatic heterocycles. The van der Waals surface area contributed by atoms with Crippen molar-refractivity contribution in [1.29, 1.82) is 0 Å². The Labute approximate surface area is 206 Å². The fraction of sp³-hybridized carbons (Fsp3) is 0.360. The van der Waals surface area contributed by atoms with Gasteiger partial charge in [0, 0.05) is 26.6 Å². The number of nitrogens with one attached hydrogen (secondary N) is 1. The quantitative estimate of drug-likeness (QED) is 0.488. The number of likely N-dealkylation sites (N-methyl/N-ethyl adjacent to an activating group) is 1. The van der Waals surface area contributed by atoms with E-state index in [1.807, 2.05) is 46.7 Å². The molecule has 10 heteroatoms. The van der Waals surface area contributed by atoms with E-state index in [2.05, 4.69) is 10.3 Å². The van der Waals surface area contributed by atoms with Crippen LogP contribution in [0.2, 0.25) is 5.15 Å². The average molecular weight is 507 g/mol. The van der Waals surface area contributed by atoms with Crippen molar-refractivity contribution in [2.45, 2.75) is 38.1 Å². The van der Waals surface area contributed by atoms with Crippen LogP contribution in [0.5, 0.6) is 5.75 Å². The molecule has 0 radical (unpaired) electrons. The maximum Gasteiger partial charge on any atom is 0.416 e. The van der Waals surface area contributed by atoms with Crippen molar-refractivity contribution in [3.8, 4) is 5.75 Å². The van der Waals surface area contributed by atoms with E-state index in [1.54, 1.807) is 7.05 Å². The van der Waals surface area contributed by atoms with Crippen LogP contribution in [0.3, 0.4) is 0 Å². The number of aromatic nitrogens is 2. The standard InChI is InChI=1S/C25H26ClF3N4O2/c1-3-20-31-23(26)22-19(15-35-18-11-9-17(10-12-18)25(27,28)29)32(13-14-33(20)22)21(24(34)30-2)16-7-5-4-6-8-16/h4-12,19,21H,3,13-15H2,1-2H3,(H,30,34)/t19-,21+/m0/s1. The van der Waals surface area contributed by atoms with Gasteiger partial charge in [0.1, 0.15) is 24.2 Å². The van der Waals surface area contributed by atoms with E-state index in [9.17, 15) is 18.0 Å². The highest BCUT2D eigenvalue weighted by atomic mass is 35.5. The normalized spacial score (nSPS) is 17.0. The van der Waals surface area contributed by atoms with Gasteiger partial charge in [-0.1, -0.05) is 48.9 Å². The van der Waals surface area contributed by atoms with Gasteiger partial charge in [-0.2, -0.15) is 13.2 Å². The molecule has 0 bridgehead atoms. The van der Waals surface area contributed by atoms with Crippen molar-refractivity contribution in [3.63, 3.8) is 0 Å². The minimum absolute atomic E-state index is 0.0697. The number of halogens is 4. The molecule has 2 atom stereocenters. The molecule has 1 aliphatic rings. The number of alkyl halides is 3. The van der Waals surface area contributed by atoms with Crippen LogP contribution in [0.15, 0.2) is 54.6 Å². The van der Waals surface area contributed by atoms with E-state index < -0.39 is 23.8 Å². The summed E-state index contributed by atoms with van der Waals surface area (Å²) in [4.78, 5) is 19.6. The number of carbonyl (C=O) groups is 1. The van der Waals surface area contributed by atoms with Crippen LogP contribution in [0, 0.1) is 0 Å². The van der Waals surface area contributed by atoms with E-state index >= 15 is 0 Å². The van der Waals surface area contributed by atoms with Crippen LogP contribution in [0.25, 0.3) is 0 Å². The highest BCUT2D eigenvalue weighted by Gasteiger charge is 2.40. The zero-order chi connectivity index (χ0) is 25.2. The predicted octanol–water partition coefficient (Wildman–Crippen LogP) is 5.04. The second kappa shape index (κ2) is 10.3. The molecule has 0 fully saturated rings. The zero-order valence-electron chi connectivity index (χ0n) is 19.3. The van der Waals surface area contributed by atoms with Gasteiger partial charge >= 0.3 is 6.18 Å². The second-order valence-corrected chi connectivity index (χ2v) is 8.58.